The van der Waals surface area contributed by atoms with Gasteiger partial charge in [-0.15, -0.1) is 5.10 Å². The smallest absolute Gasteiger partial charge is 0.226 e. The summed E-state index contributed by atoms with van der Waals surface area (Å²) in [4.78, 5) is 24.2. The van der Waals surface area contributed by atoms with E-state index in [1.54, 1.807) is 6.20 Å². The second kappa shape index (κ2) is 7.98. The van der Waals surface area contributed by atoms with Crippen LogP contribution in [-0.2, 0) is 4.79 Å². The predicted molar refractivity (Wildman–Crippen MR) is 121 cm³/mol. The standard InChI is InChI=1S/C24H26N6O/c1-3-29(4-2)18-12-10-16(11-13-18)23-27-24-26-19-8-5-9-20(31)21(19)22(30(24)28-23)17-7-6-14-25-15-17/h6-7,10-15,22H,3-5,8-9H2,1-2H3,(H,26,27,28). The van der Waals surface area contributed by atoms with Gasteiger partial charge in [-0.05, 0) is 62.6 Å². The Morgan fingerprint density at radius 3 is 2.65 bits per heavy atom. The summed E-state index contributed by atoms with van der Waals surface area (Å²) in [5.74, 6) is 1.49. The number of benzene rings is 1. The molecular weight excluding hydrogens is 388 g/mol. The number of fused-ring (bicyclic) bond motifs is 1. The molecule has 2 aliphatic rings. The fourth-order valence-corrected chi connectivity index (χ4v) is 4.53. The van der Waals surface area contributed by atoms with E-state index in [9.17, 15) is 4.79 Å². The van der Waals surface area contributed by atoms with Crippen molar-refractivity contribution in [3.05, 3.63) is 65.6 Å². The number of aromatic nitrogens is 4. The van der Waals surface area contributed by atoms with Crippen LogP contribution in [0.15, 0.2) is 60.1 Å². The Morgan fingerprint density at radius 1 is 1.13 bits per heavy atom. The maximum atomic E-state index is 12.9. The van der Waals surface area contributed by atoms with E-state index in [0.29, 0.717) is 18.2 Å². The van der Waals surface area contributed by atoms with Crippen molar-refractivity contribution in [3.8, 4) is 11.4 Å². The number of nitrogens with one attached hydrogen (secondary N) is 1. The summed E-state index contributed by atoms with van der Waals surface area (Å²) in [6.45, 7) is 6.25. The molecule has 0 saturated heterocycles. The highest BCUT2D eigenvalue weighted by atomic mass is 16.1. The Labute approximate surface area is 181 Å². The molecule has 1 aliphatic heterocycles. The number of pyridine rings is 1. The first-order valence-corrected chi connectivity index (χ1v) is 10.9. The molecule has 158 valence electrons. The van der Waals surface area contributed by atoms with Gasteiger partial charge in [-0.3, -0.25) is 9.78 Å². The lowest BCUT2D eigenvalue weighted by Crippen LogP contribution is -2.31. The minimum atomic E-state index is -0.302. The number of hydrogen-bond donors (Lipinski definition) is 1. The maximum absolute atomic E-state index is 12.9. The van der Waals surface area contributed by atoms with Crippen molar-refractivity contribution in [3.63, 3.8) is 0 Å². The molecule has 1 N–H and O–H groups in total. The lowest BCUT2D eigenvalue weighted by atomic mass is 9.86. The molecule has 3 aromatic rings. The minimum Gasteiger partial charge on any atom is -0.372 e. The van der Waals surface area contributed by atoms with Crippen molar-refractivity contribution in [1.82, 2.24) is 19.7 Å². The summed E-state index contributed by atoms with van der Waals surface area (Å²) < 4.78 is 1.84. The molecule has 0 amide bonds. The van der Waals surface area contributed by atoms with Crippen molar-refractivity contribution in [2.75, 3.05) is 23.3 Å². The van der Waals surface area contributed by atoms with Crippen LogP contribution in [0.1, 0.15) is 44.7 Å². The van der Waals surface area contributed by atoms with E-state index in [1.165, 1.54) is 5.69 Å². The van der Waals surface area contributed by atoms with Crippen LogP contribution in [0.2, 0.25) is 0 Å². The number of carbonyl (C=O) groups excluding carboxylic acids is 1. The van der Waals surface area contributed by atoms with Crippen molar-refractivity contribution in [2.24, 2.45) is 0 Å². The van der Waals surface area contributed by atoms with E-state index < -0.39 is 0 Å². The number of Topliss-reactive ketones (excluding diaryl/α,β-unsaturated/α-hetero) is 1. The van der Waals surface area contributed by atoms with Gasteiger partial charge in [0.1, 0.15) is 6.04 Å². The molecule has 7 heteroatoms. The first-order chi connectivity index (χ1) is 15.2. The Balaban J connectivity index is 1.56. The number of rotatable bonds is 5. The molecule has 1 unspecified atom stereocenters. The molecule has 0 fully saturated rings. The van der Waals surface area contributed by atoms with Crippen LogP contribution in [0, 0.1) is 0 Å². The van der Waals surface area contributed by atoms with Crippen molar-refractivity contribution < 1.29 is 4.79 Å². The van der Waals surface area contributed by atoms with Gasteiger partial charge in [-0.1, -0.05) is 6.07 Å². The Hall–Kier alpha value is -3.48. The average Bonchev–Trinajstić information content (AvgIpc) is 3.23. The van der Waals surface area contributed by atoms with Crippen LogP contribution in [0.25, 0.3) is 11.4 Å². The molecule has 5 rings (SSSR count). The topological polar surface area (TPSA) is 75.9 Å². The van der Waals surface area contributed by atoms with E-state index >= 15 is 0 Å². The largest absolute Gasteiger partial charge is 0.372 e. The molecule has 1 atom stereocenters. The molecular formula is C24H26N6O. The summed E-state index contributed by atoms with van der Waals surface area (Å²) in [6.07, 6.45) is 5.83. The van der Waals surface area contributed by atoms with Crippen molar-refractivity contribution >= 4 is 17.4 Å². The van der Waals surface area contributed by atoms with Crippen LogP contribution >= 0.6 is 0 Å². The van der Waals surface area contributed by atoms with E-state index in [1.807, 2.05) is 23.0 Å². The first kappa shape index (κ1) is 19.5. The van der Waals surface area contributed by atoms with Crippen LogP contribution in [-0.4, -0.2) is 38.6 Å². The summed E-state index contributed by atoms with van der Waals surface area (Å²) in [6, 6.07) is 11.9. The van der Waals surface area contributed by atoms with Crippen molar-refractivity contribution in [2.45, 2.75) is 39.2 Å². The Morgan fingerprint density at radius 2 is 1.94 bits per heavy atom. The van der Waals surface area contributed by atoms with Crippen LogP contribution in [0.3, 0.4) is 0 Å². The third-order valence-electron chi connectivity index (χ3n) is 6.12. The summed E-state index contributed by atoms with van der Waals surface area (Å²) in [7, 11) is 0. The van der Waals surface area contributed by atoms with Gasteiger partial charge in [0.2, 0.25) is 5.95 Å². The van der Waals surface area contributed by atoms with Gasteiger partial charge in [0.05, 0.1) is 0 Å². The summed E-state index contributed by atoms with van der Waals surface area (Å²) >= 11 is 0. The highest BCUT2D eigenvalue weighted by molar-refractivity contribution is 5.99. The van der Waals surface area contributed by atoms with E-state index in [2.05, 4.69) is 53.3 Å². The van der Waals surface area contributed by atoms with Gasteiger partial charge >= 0.3 is 0 Å². The van der Waals surface area contributed by atoms with E-state index in [-0.39, 0.29) is 11.8 Å². The van der Waals surface area contributed by atoms with Crippen LogP contribution in [0.5, 0.6) is 0 Å². The second-order valence-corrected chi connectivity index (χ2v) is 7.91. The fraction of sp³-hybridized carbons (Fsp3) is 0.333. The molecule has 0 spiro atoms. The number of hydrogen-bond acceptors (Lipinski definition) is 6. The zero-order chi connectivity index (χ0) is 21.4. The number of anilines is 2. The second-order valence-electron chi connectivity index (χ2n) is 7.91. The zero-order valence-electron chi connectivity index (χ0n) is 17.9. The molecule has 0 bridgehead atoms. The maximum Gasteiger partial charge on any atom is 0.226 e. The lowest BCUT2D eigenvalue weighted by Gasteiger charge is -2.31. The monoisotopic (exact) mass is 414 g/mol. The predicted octanol–water partition coefficient (Wildman–Crippen LogP) is 4.21. The molecule has 3 heterocycles. The van der Waals surface area contributed by atoms with Crippen LogP contribution < -0.4 is 10.2 Å². The van der Waals surface area contributed by atoms with Gasteiger partial charge in [0.15, 0.2) is 11.6 Å². The number of nitrogens with zero attached hydrogens (tertiary/aromatic N) is 5. The van der Waals surface area contributed by atoms with Gasteiger partial charge in [0, 0.05) is 54.4 Å². The van der Waals surface area contributed by atoms with Crippen molar-refractivity contribution in [1.29, 1.82) is 0 Å². The third kappa shape index (κ3) is 3.40. The molecule has 7 nitrogen and oxygen atoms in total. The van der Waals surface area contributed by atoms with Gasteiger partial charge in [-0.25, -0.2) is 4.68 Å². The summed E-state index contributed by atoms with van der Waals surface area (Å²) in [5.41, 5.74) is 4.84. The Kier molecular flexibility index (Phi) is 5.02. The van der Waals surface area contributed by atoms with E-state index in [4.69, 9.17) is 10.1 Å². The minimum absolute atomic E-state index is 0.175. The van der Waals surface area contributed by atoms with Gasteiger partial charge in [0.25, 0.3) is 0 Å². The lowest BCUT2D eigenvalue weighted by molar-refractivity contribution is -0.116. The fourth-order valence-electron chi connectivity index (χ4n) is 4.53. The number of allylic oxidation sites excluding steroid dienone is 2. The SMILES string of the molecule is CCN(CC)c1ccc(-c2nc3n(n2)C(c2cccnc2)C2=C(CCCC2=O)N3)cc1. The molecule has 2 aromatic heterocycles. The average molecular weight is 415 g/mol. The molecule has 0 saturated carbocycles. The zero-order valence-corrected chi connectivity index (χ0v) is 17.9. The Bertz CT molecular complexity index is 1130. The normalized spacial score (nSPS) is 17.7. The first-order valence-electron chi connectivity index (χ1n) is 10.9. The number of ketones is 1. The molecule has 1 aromatic carbocycles. The third-order valence-corrected chi connectivity index (χ3v) is 6.12. The number of carbonyl (C=O) groups is 1. The highest BCUT2D eigenvalue weighted by Crippen LogP contribution is 2.40. The van der Waals surface area contributed by atoms with E-state index in [0.717, 1.165) is 48.3 Å². The molecule has 1 aliphatic carbocycles. The molecule has 31 heavy (non-hydrogen) atoms. The molecule has 0 radical (unpaired) electrons. The highest BCUT2D eigenvalue weighted by Gasteiger charge is 2.37. The summed E-state index contributed by atoms with van der Waals surface area (Å²) in [5, 5.41) is 8.22. The van der Waals surface area contributed by atoms with Crippen LogP contribution in [0.4, 0.5) is 11.6 Å². The van der Waals surface area contributed by atoms with Gasteiger partial charge < -0.3 is 10.2 Å². The quantitative estimate of drug-likeness (QED) is 0.674. The van der Waals surface area contributed by atoms with Gasteiger partial charge in [-0.2, -0.15) is 4.98 Å².